The van der Waals surface area contributed by atoms with Gasteiger partial charge in [-0.3, -0.25) is 4.79 Å². The number of benzene rings is 1. The SMILES string of the molecule is CCCOC(=O)Oc1c[nH]c2c(=O)[nH]c3ccc(S(=O)(=O)N(C[C@@H]4CCCN4)C4CC4)cc3c12.Cl. The first-order valence-corrected chi connectivity index (χ1v) is 13.1. The highest BCUT2D eigenvalue weighted by Gasteiger charge is 2.39. The predicted molar refractivity (Wildman–Crippen MR) is 134 cm³/mol. The third kappa shape index (κ3) is 5.04. The van der Waals surface area contributed by atoms with Gasteiger partial charge in [-0.2, -0.15) is 4.31 Å². The van der Waals surface area contributed by atoms with E-state index < -0.39 is 21.7 Å². The lowest BCUT2D eigenvalue weighted by molar-refractivity contribution is 0.0997. The van der Waals surface area contributed by atoms with Crippen molar-refractivity contribution in [2.24, 2.45) is 0 Å². The van der Waals surface area contributed by atoms with Gasteiger partial charge in [0.15, 0.2) is 5.75 Å². The summed E-state index contributed by atoms with van der Waals surface area (Å²) in [6.07, 6.45) is 4.86. The van der Waals surface area contributed by atoms with Crippen molar-refractivity contribution in [1.82, 2.24) is 19.6 Å². The number of fused-ring (bicyclic) bond motifs is 3. The van der Waals surface area contributed by atoms with Crippen LogP contribution in [0.3, 0.4) is 0 Å². The molecule has 1 aromatic carbocycles. The van der Waals surface area contributed by atoms with Crippen molar-refractivity contribution in [3.05, 3.63) is 34.7 Å². The van der Waals surface area contributed by atoms with Crippen LogP contribution in [0.1, 0.15) is 39.0 Å². The van der Waals surface area contributed by atoms with Gasteiger partial charge in [0.25, 0.3) is 5.56 Å². The molecule has 3 heterocycles. The molecule has 5 rings (SSSR count). The number of pyridine rings is 1. The molecule has 10 nitrogen and oxygen atoms in total. The molecule has 0 radical (unpaired) electrons. The molecule has 0 unspecified atom stereocenters. The van der Waals surface area contributed by atoms with E-state index in [0.717, 1.165) is 32.2 Å². The Morgan fingerprint density at radius 2 is 2.03 bits per heavy atom. The van der Waals surface area contributed by atoms with Crippen LogP contribution in [0.15, 0.2) is 34.1 Å². The van der Waals surface area contributed by atoms with E-state index in [2.05, 4.69) is 15.3 Å². The van der Waals surface area contributed by atoms with Crippen LogP contribution >= 0.6 is 12.4 Å². The molecule has 12 heteroatoms. The summed E-state index contributed by atoms with van der Waals surface area (Å²) in [5.74, 6) is 0.107. The van der Waals surface area contributed by atoms with Gasteiger partial charge >= 0.3 is 6.16 Å². The van der Waals surface area contributed by atoms with Gasteiger partial charge in [0, 0.05) is 35.7 Å². The summed E-state index contributed by atoms with van der Waals surface area (Å²) in [4.78, 5) is 30.3. The highest BCUT2D eigenvalue weighted by Crippen LogP contribution is 2.36. The minimum Gasteiger partial charge on any atom is -0.434 e. The molecule has 2 aromatic heterocycles. The molecule has 190 valence electrons. The third-order valence-electron chi connectivity index (χ3n) is 6.32. The Kier molecular flexibility index (Phi) is 7.41. The van der Waals surface area contributed by atoms with Gasteiger partial charge in [-0.15, -0.1) is 12.4 Å². The number of rotatable bonds is 8. The topological polar surface area (TPSA) is 134 Å². The fourth-order valence-corrected chi connectivity index (χ4v) is 6.25. The normalized spacial score (nSPS) is 18.2. The second-order valence-corrected chi connectivity index (χ2v) is 10.8. The third-order valence-corrected chi connectivity index (χ3v) is 8.23. The maximum atomic E-state index is 13.7. The number of halogens is 1. The highest BCUT2D eigenvalue weighted by atomic mass is 35.5. The molecule has 0 spiro atoms. The van der Waals surface area contributed by atoms with E-state index in [4.69, 9.17) is 9.47 Å². The zero-order valence-corrected chi connectivity index (χ0v) is 21.0. The average Bonchev–Trinajstić information content (AvgIpc) is 3.34. The first-order chi connectivity index (χ1) is 16.4. The van der Waals surface area contributed by atoms with Crippen molar-refractivity contribution in [3.63, 3.8) is 0 Å². The molecule has 1 aliphatic carbocycles. The Labute approximate surface area is 208 Å². The summed E-state index contributed by atoms with van der Waals surface area (Å²) in [5, 5.41) is 4.18. The van der Waals surface area contributed by atoms with Gasteiger partial charge in [0.1, 0.15) is 5.52 Å². The molecule has 3 N–H and O–H groups in total. The molecule has 3 aromatic rings. The van der Waals surface area contributed by atoms with Gasteiger partial charge < -0.3 is 24.8 Å². The van der Waals surface area contributed by atoms with Crippen LogP contribution in [-0.2, 0) is 14.8 Å². The number of carbonyl (C=O) groups is 1. The van der Waals surface area contributed by atoms with Gasteiger partial charge in [-0.25, -0.2) is 13.2 Å². The molecule has 2 fully saturated rings. The number of carbonyl (C=O) groups excluding carboxylic acids is 1. The summed E-state index contributed by atoms with van der Waals surface area (Å²) in [6, 6.07) is 4.79. The summed E-state index contributed by atoms with van der Waals surface area (Å²) < 4.78 is 39.3. The number of aromatic nitrogens is 2. The van der Waals surface area contributed by atoms with Crippen LogP contribution in [0, 0.1) is 0 Å². The summed E-state index contributed by atoms with van der Waals surface area (Å²) in [6.45, 7) is 3.41. The van der Waals surface area contributed by atoms with Crippen molar-refractivity contribution >= 4 is 50.4 Å². The van der Waals surface area contributed by atoms with Gasteiger partial charge in [-0.05, 0) is 56.8 Å². The first-order valence-electron chi connectivity index (χ1n) is 11.7. The Hall–Kier alpha value is -2.60. The van der Waals surface area contributed by atoms with E-state index in [-0.39, 0.29) is 47.3 Å². The lowest BCUT2D eigenvalue weighted by Gasteiger charge is -2.25. The number of nitrogens with one attached hydrogen (secondary N) is 3. The van der Waals surface area contributed by atoms with E-state index in [1.807, 2.05) is 6.92 Å². The summed E-state index contributed by atoms with van der Waals surface area (Å²) in [5.41, 5.74) is 0.231. The second kappa shape index (κ2) is 10.2. The molecule has 1 saturated carbocycles. The molecular weight excluding hydrogens is 496 g/mol. The van der Waals surface area contributed by atoms with Crippen molar-refractivity contribution in [2.75, 3.05) is 19.7 Å². The monoisotopic (exact) mass is 524 g/mol. The zero-order chi connectivity index (χ0) is 23.9. The molecule has 35 heavy (non-hydrogen) atoms. The zero-order valence-electron chi connectivity index (χ0n) is 19.3. The van der Waals surface area contributed by atoms with E-state index >= 15 is 0 Å². The van der Waals surface area contributed by atoms with Crippen molar-refractivity contribution in [3.8, 4) is 5.75 Å². The summed E-state index contributed by atoms with van der Waals surface area (Å²) in [7, 11) is -3.77. The molecule has 1 aliphatic heterocycles. The minimum atomic E-state index is -3.77. The van der Waals surface area contributed by atoms with Gasteiger partial charge in [0.2, 0.25) is 10.0 Å². The molecular formula is C23H29ClN4O6S. The first kappa shape index (κ1) is 25.5. The Morgan fingerprint density at radius 3 is 2.71 bits per heavy atom. The molecule has 1 saturated heterocycles. The van der Waals surface area contributed by atoms with E-state index in [9.17, 15) is 18.0 Å². The number of hydrogen-bond donors (Lipinski definition) is 3. The predicted octanol–water partition coefficient (Wildman–Crippen LogP) is 3.26. The number of ether oxygens (including phenoxy) is 2. The molecule has 0 amide bonds. The molecule has 2 aliphatic rings. The van der Waals surface area contributed by atoms with Crippen LogP contribution in [0.2, 0.25) is 0 Å². The van der Waals surface area contributed by atoms with Gasteiger partial charge in [-0.1, -0.05) is 6.92 Å². The van der Waals surface area contributed by atoms with Crippen LogP contribution in [0.25, 0.3) is 21.8 Å². The lowest BCUT2D eigenvalue weighted by atomic mass is 10.1. The van der Waals surface area contributed by atoms with Crippen molar-refractivity contribution in [2.45, 2.75) is 56.0 Å². The lowest BCUT2D eigenvalue weighted by Crippen LogP contribution is -2.42. The average molecular weight is 525 g/mol. The van der Waals surface area contributed by atoms with Gasteiger partial charge in [0.05, 0.1) is 16.9 Å². The fraction of sp³-hybridized carbons (Fsp3) is 0.478. The fourth-order valence-electron chi connectivity index (χ4n) is 4.49. The Morgan fingerprint density at radius 1 is 1.23 bits per heavy atom. The van der Waals surface area contributed by atoms with Crippen LogP contribution in [0.5, 0.6) is 5.75 Å². The second-order valence-electron chi connectivity index (χ2n) is 8.86. The summed E-state index contributed by atoms with van der Waals surface area (Å²) >= 11 is 0. The largest absolute Gasteiger partial charge is 0.513 e. The standard InChI is InChI=1S/C23H28N4O6S.ClH/c1-2-10-32-23(29)33-19-12-25-21-20(19)17-11-16(7-8-18(17)26-22(21)28)34(30,31)27(15-5-6-15)13-14-4-3-9-24-14;/h7-8,11-12,14-15,24-25H,2-6,9-10,13H2,1H3,(H,26,28);1H/t14-;/m0./s1. The maximum Gasteiger partial charge on any atom is 0.513 e. The van der Waals surface area contributed by atoms with Crippen molar-refractivity contribution in [1.29, 1.82) is 0 Å². The highest BCUT2D eigenvalue weighted by molar-refractivity contribution is 7.89. The van der Waals surface area contributed by atoms with Crippen LogP contribution < -0.4 is 15.6 Å². The van der Waals surface area contributed by atoms with Crippen LogP contribution in [0.4, 0.5) is 4.79 Å². The number of hydrogen-bond acceptors (Lipinski definition) is 7. The Bertz CT molecular complexity index is 1390. The van der Waals surface area contributed by atoms with Crippen molar-refractivity contribution < 1.29 is 22.7 Å². The number of aromatic amines is 2. The number of nitrogens with zero attached hydrogens (tertiary/aromatic N) is 1. The maximum absolute atomic E-state index is 13.7. The number of H-pyrrole nitrogens is 2. The smallest absolute Gasteiger partial charge is 0.434 e. The quantitative estimate of drug-likeness (QED) is 0.385. The van der Waals surface area contributed by atoms with E-state index in [1.54, 1.807) is 16.4 Å². The van der Waals surface area contributed by atoms with Crippen LogP contribution in [-0.4, -0.2) is 60.6 Å². The number of sulfonamides is 1. The van der Waals surface area contributed by atoms with E-state index in [0.29, 0.717) is 29.3 Å². The minimum absolute atomic E-state index is 0. The Balaban J connectivity index is 0.00000289. The van der Waals surface area contributed by atoms with E-state index in [1.165, 1.54) is 12.3 Å². The molecule has 1 atom stereocenters. The molecule has 0 bridgehead atoms.